The van der Waals surface area contributed by atoms with Gasteiger partial charge in [0.2, 0.25) is 0 Å². The topological polar surface area (TPSA) is 17.0 Å². The first-order chi connectivity index (χ1) is 9.72. The molecule has 0 saturated carbocycles. The van der Waals surface area contributed by atoms with Crippen molar-refractivity contribution >= 4 is 16.6 Å². The van der Waals surface area contributed by atoms with Gasteiger partial charge in [-0.1, -0.05) is 0 Å². The van der Waals surface area contributed by atoms with Gasteiger partial charge in [0.25, 0.3) is 0 Å². The molecule has 20 heavy (non-hydrogen) atoms. The number of nitrogens with one attached hydrogen (secondary N) is 1. The fraction of sp³-hybridized carbons (Fsp3) is 0.176. The van der Waals surface area contributed by atoms with E-state index in [1.165, 1.54) is 23.0 Å². The highest BCUT2D eigenvalue weighted by Crippen LogP contribution is 2.30. The Hall–Kier alpha value is -2.29. The van der Waals surface area contributed by atoms with Gasteiger partial charge in [0.05, 0.1) is 0 Å². The molecule has 0 radical (unpaired) electrons. The molecule has 0 unspecified atom stereocenters. The monoisotopic (exact) mass is 268 g/mol. The second kappa shape index (κ2) is 5.00. The number of benzene rings is 2. The van der Waals surface area contributed by atoms with Crippen LogP contribution in [0.5, 0.6) is 0 Å². The summed E-state index contributed by atoms with van der Waals surface area (Å²) < 4.78 is 15.3. The lowest BCUT2D eigenvalue weighted by Crippen LogP contribution is -1.96. The van der Waals surface area contributed by atoms with E-state index in [1.54, 1.807) is 0 Å². The number of fused-ring (bicyclic) bond motifs is 1. The summed E-state index contributed by atoms with van der Waals surface area (Å²) in [7, 11) is 1.92. The van der Waals surface area contributed by atoms with E-state index in [1.807, 2.05) is 19.2 Å². The Bertz CT molecular complexity index is 742. The van der Waals surface area contributed by atoms with Crippen molar-refractivity contribution in [1.29, 1.82) is 0 Å². The molecular weight excluding hydrogens is 251 g/mol. The minimum Gasteiger partial charge on any atom is -0.388 e. The molecule has 2 aromatic carbocycles. The van der Waals surface area contributed by atoms with Crippen LogP contribution in [0.4, 0.5) is 10.1 Å². The van der Waals surface area contributed by atoms with Gasteiger partial charge < -0.3 is 9.88 Å². The molecule has 0 fully saturated rings. The molecule has 0 aliphatic heterocycles. The van der Waals surface area contributed by atoms with Gasteiger partial charge in [0.15, 0.2) is 0 Å². The van der Waals surface area contributed by atoms with Crippen LogP contribution in [0.15, 0.2) is 48.5 Å². The van der Waals surface area contributed by atoms with Gasteiger partial charge in [-0.2, -0.15) is 0 Å². The van der Waals surface area contributed by atoms with E-state index in [0.29, 0.717) is 0 Å². The Balaban J connectivity index is 2.21. The first-order valence-electron chi connectivity index (χ1n) is 6.80. The lowest BCUT2D eigenvalue weighted by molar-refractivity contribution is 0.628. The number of aryl methyl sites for hydroxylation is 1. The van der Waals surface area contributed by atoms with Crippen molar-refractivity contribution in [2.75, 3.05) is 12.4 Å². The highest BCUT2D eigenvalue weighted by molar-refractivity contribution is 5.89. The van der Waals surface area contributed by atoms with Crippen LogP contribution in [0.3, 0.4) is 0 Å². The smallest absolute Gasteiger partial charge is 0.123 e. The highest BCUT2D eigenvalue weighted by atomic mass is 19.1. The SMILES string of the molecule is CCn1c(-c2ccc(F)cc2)cc2cc(NC)ccc21. The minimum atomic E-state index is -0.203. The molecular formula is C17H17FN2. The van der Waals surface area contributed by atoms with E-state index in [2.05, 4.69) is 41.1 Å². The molecule has 2 nitrogen and oxygen atoms in total. The second-order valence-electron chi connectivity index (χ2n) is 4.80. The maximum Gasteiger partial charge on any atom is 0.123 e. The molecule has 0 aliphatic carbocycles. The maximum atomic E-state index is 13.1. The molecule has 1 heterocycles. The first kappa shape index (κ1) is 12.7. The van der Waals surface area contributed by atoms with Gasteiger partial charge >= 0.3 is 0 Å². The zero-order valence-corrected chi connectivity index (χ0v) is 11.7. The van der Waals surface area contributed by atoms with E-state index in [-0.39, 0.29) is 5.82 Å². The number of hydrogen-bond donors (Lipinski definition) is 1. The molecule has 1 aromatic heterocycles. The van der Waals surface area contributed by atoms with Crippen molar-refractivity contribution in [3.63, 3.8) is 0 Å². The fourth-order valence-corrected chi connectivity index (χ4v) is 2.63. The molecule has 3 rings (SSSR count). The normalized spacial score (nSPS) is 10.9. The number of hydrogen-bond acceptors (Lipinski definition) is 1. The van der Waals surface area contributed by atoms with Gasteiger partial charge in [-0.3, -0.25) is 0 Å². The van der Waals surface area contributed by atoms with Crippen LogP contribution in [0, 0.1) is 5.82 Å². The highest BCUT2D eigenvalue weighted by Gasteiger charge is 2.10. The van der Waals surface area contributed by atoms with Crippen molar-refractivity contribution in [2.45, 2.75) is 13.5 Å². The number of rotatable bonds is 3. The Morgan fingerprint density at radius 1 is 1.05 bits per heavy atom. The minimum absolute atomic E-state index is 0.203. The summed E-state index contributed by atoms with van der Waals surface area (Å²) in [5, 5.41) is 4.35. The third-order valence-electron chi connectivity index (χ3n) is 3.65. The molecule has 0 amide bonds. The summed E-state index contributed by atoms with van der Waals surface area (Å²) in [5.41, 5.74) is 4.45. The molecule has 0 aliphatic rings. The predicted octanol–water partition coefficient (Wildman–Crippen LogP) is 4.51. The van der Waals surface area contributed by atoms with Crippen molar-refractivity contribution in [2.24, 2.45) is 0 Å². The number of aromatic nitrogens is 1. The lowest BCUT2D eigenvalue weighted by Gasteiger charge is -2.08. The Morgan fingerprint density at radius 3 is 2.45 bits per heavy atom. The summed E-state index contributed by atoms with van der Waals surface area (Å²) >= 11 is 0. The summed E-state index contributed by atoms with van der Waals surface area (Å²) in [6, 6.07) is 15.2. The Morgan fingerprint density at radius 2 is 1.80 bits per heavy atom. The summed E-state index contributed by atoms with van der Waals surface area (Å²) in [5.74, 6) is -0.203. The fourth-order valence-electron chi connectivity index (χ4n) is 2.63. The molecule has 3 heteroatoms. The predicted molar refractivity (Wildman–Crippen MR) is 82.6 cm³/mol. The average Bonchev–Trinajstić information content (AvgIpc) is 2.85. The summed E-state index contributed by atoms with van der Waals surface area (Å²) in [6.07, 6.45) is 0. The Labute approximate surface area is 117 Å². The first-order valence-corrected chi connectivity index (χ1v) is 6.80. The van der Waals surface area contributed by atoms with Crippen molar-refractivity contribution < 1.29 is 4.39 Å². The molecule has 0 spiro atoms. The molecule has 1 N–H and O–H groups in total. The van der Waals surface area contributed by atoms with E-state index in [9.17, 15) is 4.39 Å². The lowest BCUT2D eigenvalue weighted by atomic mass is 10.1. The average molecular weight is 268 g/mol. The third-order valence-corrected chi connectivity index (χ3v) is 3.65. The molecule has 0 atom stereocenters. The number of nitrogens with zero attached hydrogens (tertiary/aromatic N) is 1. The summed E-state index contributed by atoms with van der Waals surface area (Å²) in [6.45, 7) is 3.01. The maximum absolute atomic E-state index is 13.1. The standard InChI is InChI=1S/C17H17FN2/c1-3-20-16-9-8-15(19-2)10-13(16)11-17(20)12-4-6-14(18)7-5-12/h4-11,19H,3H2,1-2H3. The van der Waals surface area contributed by atoms with E-state index < -0.39 is 0 Å². The van der Waals surface area contributed by atoms with Crippen LogP contribution >= 0.6 is 0 Å². The van der Waals surface area contributed by atoms with Gasteiger partial charge in [-0.25, -0.2) is 4.39 Å². The largest absolute Gasteiger partial charge is 0.388 e. The third kappa shape index (κ3) is 2.05. The molecule has 102 valence electrons. The van der Waals surface area contributed by atoms with E-state index in [4.69, 9.17) is 0 Å². The summed E-state index contributed by atoms with van der Waals surface area (Å²) in [4.78, 5) is 0. The number of halogens is 1. The van der Waals surface area contributed by atoms with Crippen molar-refractivity contribution in [1.82, 2.24) is 4.57 Å². The quantitative estimate of drug-likeness (QED) is 0.739. The van der Waals surface area contributed by atoms with Crippen LogP contribution in [-0.4, -0.2) is 11.6 Å². The van der Waals surface area contributed by atoms with Gasteiger partial charge in [0, 0.05) is 35.9 Å². The Kier molecular flexibility index (Phi) is 3.18. The van der Waals surface area contributed by atoms with Gasteiger partial charge in [-0.15, -0.1) is 0 Å². The van der Waals surface area contributed by atoms with Crippen LogP contribution in [0.1, 0.15) is 6.92 Å². The van der Waals surface area contributed by atoms with E-state index in [0.717, 1.165) is 23.5 Å². The van der Waals surface area contributed by atoms with Crippen LogP contribution in [0.2, 0.25) is 0 Å². The molecule has 3 aromatic rings. The molecule has 0 saturated heterocycles. The second-order valence-corrected chi connectivity index (χ2v) is 4.80. The number of anilines is 1. The van der Waals surface area contributed by atoms with Gasteiger partial charge in [0.1, 0.15) is 5.82 Å². The van der Waals surface area contributed by atoms with E-state index >= 15 is 0 Å². The van der Waals surface area contributed by atoms with Gasteiger partial charge in [-0.05, 0) is 61.0 Å². The van der Waals surface area contributed by atoms with Crippen LogP contribution in [0.25, 0.3) is 22.2 Å². The zero-order chi connectivity index (χ0) is 14.1. The van der Waals surface area contributed by atoms with Crippen LogP contribution in [-0.2, 0) is 6.54 Å². The van der Waals surface area contributed by atoms with Crippen LogP contribution < -0.4 is 5.32 Å². The van der Waals surface area contributed by atoms with Crippen molar-refractivity contribution in [3.8, 4) is 11.3 Å². The molecule has 0 bridgehead atoms. The van der Waals surface area contributed by atoms with Crippen molar-refractivity contribution in [3.05, 3.63) is 54.3 Å². The zero-order valence-electron chi connectivity index (χ0n) is 11.7.